The highest BCUT2D eigenvalue weighted by Crippen LogP contribution is 2.05. The molecule has 2 aromatic heterocycles. The van der Waals surface area contributed by atoms with E-state index in [-0.39, 0.29) is 5.91 Å². The van der Waals surface area contributed by atoms with Gasteiger partial charge in [-0.3, -0.25) is 4.79 Å². The van der Waals surface area contributed by atoms with Crippen LogP contribution in [0, 0.1) is 0 Å². The van der Waals surface area contributed by atoms with E-state index in [1.807, 2.05) is 41.2 Å². The number of hydrogen-bond donors (Lipinski definition) is 1. The van der Waals surface area contributed by atoms with Crippen molar-refractivity contribution in [1.82, 2.24) is 19.5 Å². The standard InChI is InChI=1S/C17H20N4O/c22-16(8-4-7-15-5-2-1-3-6-15)18-11-12-20-13-14-21-17(20)9-10-19-21/h1-3,5-6,9-10,13-14H,4,7-8,11-12H2,(H,18,22). The molecule has 3 aromatic rings. The lowest BCUT2D eigenvalue weighted by molar-refractivity contribution is -0.121. The average Bonchev–Trinajstić information content (AvgIpc) is 3.13. The number of hydrogen-bond acceptors (Lipinski definition) is 2. The molecule has 0 saturated carbocycles. The minimum atomic E-state index is 0.118. The SMILES string of the molecule is O=C(CCCc1ccccc1)NCCn1ccn2nccc12. The second kappa shape index (κ2) is 6.93. The smallest absolute Gasteiger partial charge is 0.220 e. The number of aryl methyl sites for hydroxylation is 1. The summed E-state index contributed by atoms with van der Waals surface area (Å²) in [6, 6.07) is 12.2. The molecule has 0 radical (unpaired) electrons. The summed E-state index contributed by atoms with van der Waals surface area (Å²) in [4.78, 5) is 11.8. The van der Waals surface area contributed by atoms with Crippen molar-refractivity contribution in [3.05, 3.63) is 60.6 Å². The van der Waals surface area contributed by atoms with Crippen LogP contribution in [-0.2, 0) is 17.8 Å². The Morgan fingerprint density at radius 3 is 2.86 bits per heavy atom. The van der Waals surface area contributed by atoms with E-state index in [4.69, 9.17) is 0 Å². The number of carbonyl (C=O) groups is 1. The lowest BCUT2D eigenvalue weighted by atomic mass is 10.1. The molecule has 1 amide bonds. The van der Waals surface area contributed by atoms with Gasteiger partial charge in [-0.25, -0.2) is 4.52 Å². The Labute approximate surface area is 129 Å². The molecule has 22 heavy (non-hydrogen) atoms. The first kappa shape index (κ1) is 14.4. The summed E-state index contributed by atoms with van der Waals surface area (Å²) in [6.07, 6.45) is 8.06. The number of nitrogens with zero attached hydrogens (tertiary/aromatic N) is 3. The van der Waals surface area contributed by atoms with Gasteiger partial charge in [-0.05, 0) is 18.4 Å². The molecule has 0 unspecified atom stereocenters. The fraction of sp³-hybridized carbons (Fsp3) is 0.294. The van der Waals surface area contributed by atoms with Crippen LogP contribution in [0.4, 0.5) is 0 Å². The van der Waals surface area contributed by atoms with E-state index in [1.165, 1.54) is 5.56 Å². The van der Waals surface area contributed by atoms with Gasteiger partial charge in [0.15, 0.2) is 0 Å². The number of imidazole rings is 1. The van der Waals surface area contributed by atoms with Gasteiger partial charge in [-0.2, -0.15) is 5.10 Å². The number of benzene rings is 1. The zero-order valence-corrected chi connectivity index (χ0v) is 12.5. The van der Waals surface area contributed by atoms with E-state index >= 15 is 0 Å². The quantitative estimate of drug-likeness (QED) is 0.727. The lowest BCUT2D eigenvalue weighted by Crippen LogP contribution is -2.26. The summed E-state index contributed by atoms with van der Waals surface area (Å²) < 4.78 is 3.90. The van der Waals surface area contributed by atoms with Crippen molar-refractivity contribution in [1.29, 1.82) is 0 Å². The van der Waals surface area contributed by atoms with Crippen molar-refractivity contribution >= 4 is 11.6 Å². The zero-order chi connectivity index (χ0) is 15.2. The third-order valence-electron chi connectivity index (χ3n) is 3.72. The fourth-order valence-electron chi connectivity index (χ4n) is 2.56. The van der Waals surface area contributed by atoms with E-state index in [1.54, 1.807) is 6.20 Å². The van der Waals surface area contributed by atoms with Crippen molar-refractivity contribution < 1.29 is 4.79 Å². The van der Waals surface area contributed by atoms with E-state index in [2.05, 4.69) is 27.1 Å². The van der Waals surface area contributed by atoms with Crippen LogP contribution in [0.1, 0.15) is 18.4 Å². The van der Waals surface area contributed by atoms with Gasteiger partial charge in [0.25, 0.3) is 0 Å². The van der Waals surface area contributed by atoms with Gasteiger partial charge in [-0.15, -0.1) is 0 Å². The Kier molecular flexibility index (Phi) is 4.53. The molecule has 0 aliphatic carbocycles. The van der Waals surface area contributed by atoms with Gasteiger partial charge >= 0.3 is 0 Å². The lowest BCUT2D eigenvalue weighted by Gasteiger charge is -2.06. The normalized spacial score (nSPS) is 10.9. The van der Waals surface area contributed by atoms with Crippen LogP contribution in [0.5, 0.6) is 0 Å². The molecular weight excluding hydrogens is 276 g/mol. The van der Waals surface area contributed by atoms with Gasteiger partial charge < -0.3 is 9.88 Å². The summed E-state index contributed by atoms with van der Waals surface area (Å²) >= 11 is 0. The molecule has 1 N–H and O–H groups in total. The predicted octanol–water partition coefficient (Wildman–Crippen LogP) is 2.27. The topological polar surface area (TPSA) is 51.3 Å². The monoisotopic (exact) mass is 296 g/mol. The number of carbonyl (C=O) groups excluding carboxylic acids is 1. The fourth-order valence-corrected chi connectivity index (χ4v) is 2.56. The number of aromatic nitrogens is 3. The van der Waals surface area contributed by atoms with Crippen LogP contribution < -0.4 is 5.32 Å². The van der Waals surface area contributed by atoms with Gasteiger partial charge in [0.05, 0.1) is 6.20 Å². The van der Waals surface area contributed by atoms with Crippen LogP contribution in [0.3, 0.4) is 0 Å². The molecule has 0 aliphatic heterocycles. The highest BCUT2D eigenvalue weighted by molar-refractivity contribution is 5.75. The molecular formula is C17H20N4O. The Morgan fingerprint density at radius 2 is 2.00 bits per heavy atom. The molecule has 3 rings (SSSR count). The highest BCUT2D eigenvalue weighted by atomic mass is 16.1. The molecule has 0 aliphatic rings. The van der Waals surface area contributed by atoms with Crippen molar-refractivity contribution in [2.24, 2.45) is 0 Å². The first-order valence-corrected chi connectivity index (χ1v) is 7.62. The minimum Gasteiger partial charge on any atom is -0.354 e. The Morgan fingerprint density at radius 1 is 1.14 bits per heavy atom. The van der Waals surface area contributed by atoms with Gasteiger partial charge in [0, 0.05) is 38.0 Å². The van der Waals surface area contributed by atoms with Crippen molar-refractivity contribution in [2.45, 2.75) is 25.8 Å². The first-order chi connectivity index (χ1) is 10.8. The van der Waals surface area contributed by atoms with Crippen molar-refractivity contribution in [3.63, 3.8) is 0 Å². The summed E-state index contributed by atoms with van der Waals surface area (Å²) in [7, 11) is 0. The second-order valence-electron chi connectivity index (χ2n) is 5.31. The van der Waals surface area contributed by atoms with Gasteiger partial charge in [0.1, 0.15) is 5.65 Å². The van der Waals surface area contributed by atoms with Crippen LogP contribution in [-0.4, -0.2) is 26.6 Å². The predicted molar refractivity (Wildman–Crippen MR) is 85.6 cm³/mol. The molecule has 0 bridgehead atoms. The number of nitrogens with one attached hydrogen (secondary N) is 1. The van der Waals surface area contributed by atoms with Gasteiger partial charge in [0.2, 0.25) is 5.91 Å². The Balaban J connectivity index is 1.37. The highest BCUT2D eigenvalue weighted by Gasteiger charge is 2.03. The molecule has 1 aromatic carbocycles. The van der Waals surface area contributed by atoms with E-state index in [0.717, 1.165) is 25.0 Å². The summed E-state index contributed by atoms with van der Waals surface area (Å²) in [5.41, 5.74) is 2.32. The molecule has 5 heteroatoms. The Bertz CT molecular complexity index is 729. The maximum atomic E-state index is 11.8. The van der Waals surface area contributed by atoms with Crippen LogP contribution in [0.25, 0.3) is 5.65 Å². The summed E-state index contributed by atoms with van der Waals surface area (Å²) in [5, 5.41) is 7.14. The largest absolute Gasteiger partial charge is 0.354 e. The van der Waals surface area contributed by atoms with Crippen LogP contribution >= 0.6 is 0 Å². The molecule has 114 valence electrons. The van der Waals surface area contributed by atoms with E-state index in [9.17, 15) is 4.79 Å². The maximum Gasteiger partial charge on any atom is 0.220 e. The first-order valence-electron chi connectivity index (χ1n) is 7.62. The summed E-state index contributed by atoms with van der Waals surface area (Å²) in [6.45, 7) is 1.40. The van der Waals surface area contributed by atoms with E-state index < -0.39 is 0 Å². The van der Waals surface area contributed by atoms with Crippen molar-refractivity contribution in [2.75, 3.05) is 6.54 Å². The molecule has 0 atom stereocenters. The molecule has 0 fully saturated rings. The molecule has 5 nitrogen and oxygen atoms in total. The zero-order valence-electron chi connectivity index (χ0n) is 12.5. The second-order valence-corrected chi connectivity index (χ2v) is 5.31. The number of rotatable bonds is 7. The number of amides is 1. The third-order valence-corrected chi connectivity index (χ3v) is 3.72. The summed E-state index contributed by atoms with van der Waals surface area (Å²) in [5.74, 6) is 0.118. The maximum absolute atomic E-state index is 11.8. The van der Waals surface area contributed by atoms with Gasteiger partial charge in [-0.1, -0.05) is 30.3 Å². The Hall–Kier alpha value is -2.56. The minimum absolute atomic E-state index is 0.118. The number of fused-ring (bicyclic) bond motifs is 1. The average molecular weight is 296 g/mol. The molecule has 0 saturated heterocycles. The molecule has 2 heterocycles. The van der Waals surface area contributed by atoms with Crippen LogP contribution in [0.15, 0.2) is 55.0 Å². The van der Waals surface area contributed by atoms with Crippen molar-refractivity contribution in [3.8, 4) is 0 Å². The molecule has 0 spiro atoms. The van der Waals surface area contributed by atoms with E-state index in [0.29, 0.717) is 13.0 Å². The third kappa shape index (κ3) is 3.55. The van der Waals surface area contributed by atoms with Crippen LogP contribution in [0.2, 0.25) is 0 Å².